The molecule has 0 aliphatic heterocycles. The minimum atomic E-state index is -0.733. The SMILES string of the molecule is CCOC(=O)C(=CNc1ccn[nH]1)C(=O)OCC. The fraction of sp³-hybridized carbons (Fsp3) is 0.364. The molecule has 7 heteroatoms. The number of esters is 2. The molecule has 18 heavy (non-hydrogen) atoms. The third kappa shape index (κ3) is 3.93. The maximum absolute atomic E-state index is 11.6. The minimum Gasteiger partial charge on any atom is -0.462 e. The summed E-state index contributed by atoms with van der Waals surface area (Å²) in [5.41, 5.74) is -0.201. The molecule has 0 atom stereocenters. The van der Waals surface area contributed by atoms with Gasteiger partial charge in [-0.25, -0.2) is 9.59 Å². The molecule has 0 aliphatic rings. The number of ether oxygens (including phenoxy) is 2. The van der Waals surface area contributed by atoms with Crippen LogP contribution in [0.4, 0.5) is 5.82 Å². The van der Waals surface area contributed by atoms with Gasteiger partial charge in [-0.15, -0.1) is 0 Å². The number of anilines is 1. The number of rotatable bonds is 6. The molecule has 7 nitrogen and oxygen atoms in total. The van der Waals surface area contributed by atoms with E-state index in [0.717, 1.165) is 0 Å². The number of nitrogens with one attached hydrogen (secondary N) is 2. The highest BCUT2D eigenvalue weighted by Gasteiger charge is 2.20. The van der Waals surface area contributed by atoms with Crippen LogP contribution in [0.1, 0.15) is 13.8 Å². The van der Waals surface area contributed by atoms with E-state index in [1.165, 1.54) is 12.4 Å². The summed E-state index contributed by atoms with van der Waals surface area (Å²) in [6, 6.07) is 1.64. The quantitative estimate of drug-likeness (QED) is 0.337. The summed E-state index contributed by atoms with van der Waals surface area (Å²) in [7, 11) is 0. The molecule has 0 amide bonds. The van der Waals surface area contributed by atoms with Gasteiger partial charge >= 0.3 is 11.9 Å². The Bertz CT molecular complexity index is 406. The highest BCUT2D eigenvalue weighted by atomic mass is 16.6. The van der Waals surface area contributed by atoms with Gasteiger partial charge in [0.25, 0.3) is 0 Å². The van der Waals surface area contributed by atoms with Crippen LogP contribution in [0.25, 0.3) is 0 Å². The molecule has 0 fully saturated rings. The Hall–Kier alpha value is -2.31. The standard InChI is InChI=1S/C11H15N3O4/c1-3-17-10(15)8(11(16)18-4-2)7-12-9-5-6-13-14-9/h5-7H,3-4H2,1-2H3,(H2,12,13,14). The summed E-state index contributed by atoms with van der Waals surface area (Å²) in [5.74, 6) is -0.924. The molecular formula is C11H15N3O4. The second kappa shape index (κ2) is 7.10. The van der Waals surface area contributed by atoms with Crippen molar-refractivity contribution >= 4 is 17.8 Å². The first kappa shape index (κ1) is 13.8. The summed E-state index contributed by atoms with van der Waals surface area (Å²) in [5, 5.41) is 9.06. The zero-order valence-electron chi connectivity index (χ0n) is 10.2. The van der Waals surface area contributed by atoms with Crippen molar-refractivity contribution in [1.82, 2.24) is 10.2 Å². The predicted octanol–water partition coefficient (Wildman–Crippen LogP) is 0.832. The van der Waals surface area contributed by atoms with Gasteiger partial charge in [0.2, 0.25) is 0 Å². The van der Waals surface area contributed by atoms with E-state index < -0.39 is 11.9 Å². The van der Waals surface area contributed by atoms with E-state index in [1.807, 2.05) is 0 Å². The Labute approximate surface area is 104 Å². The largest absolute Gasteiger partial charge is 0.462 e. The maximum Gasteiger partial charge on any atom is 0.347 e. The molecule has 0 saturated carbocycles. The van der Waals surface area contributed by atoms with Crippen molar-refractivity contribution in [3.8, 4) is 0 Å². The van der Waals surface area contributed by atoms with Crippen LogP contribution in [-0.4, -0.2) is 35.3 Å². The van der Waals surface area contributed by atoms with Crippen molar-refractivity contribution in [2.45, 2.75) is 13.8 Å². The summed E-state index contributed by atoms with van der Waals surface area (Å²) in [6.07, 6.45) is 2.76. The maximum atomic E-state index is 11.6. The summed E-state index contributed by atoms with van der Waals surface area (Å²) < 4.78 is 9.54. The fourth-order valence-corrected chi connectivity index (χ4v) is 1.11. The molecule has 2 N–H and O–H groups in total. The van der Waals surface area contributed by atoms with Crippen LogP contribution in [0.5, 0.6) is 0 Å². The molecule has 0 aliphatic carbocycles. The lowest BCUT2D eigenvalue weighted by Crippen LogP contribution is -2.19. The van der Waals surface area contributed by atoms with Crippen molar-refractivity contribution in [2.75, 3.05) is 18.5 Å². The second-order valence-electron chi connectivity index (χ2n) is 3.11. The van der Waals surface area contributed by atoms with Gasteiger partial charge in [-0.1, -0.05) is 0 Å². The first-order valence-electron chi connectivity index (χ1n) is 5.49. The van der Waals surface area contributed by atoms with Crippen LogP contribution in [-0.2, 0) is 19.1 Å². The van der Waals surface area contributed by atoms with E-state index in [0.29, 0.717) is 5.82 Å². The van der Waals surface area contributed by atoms with E-state index in [4.69, 9.17) is 9.47 Å². The Morgan fingerprint density at radius 3 is 2.39 bits per heavy atom. The van der Waals surface area contributed by atoms with Gasteiger partial charge in [0.1, 0.15) is 5.82 Å². The number of carbonyl (C=O) groups excluding carboxylic acids is 2. The minimum absolute atomic E-state index is 0.180. The lowest BCUT2D eigenvalue weighted by Gasteiger charge is -2.06. The monoisotopic (exact) mass is 253 g/mol. The molecule has 0 spiro atoms. The molecule has 1 heterocycles. The van der Waals surface area contributed by atoms with Crippen LogP contribution >= 0.6 is 0 Å². The molecular weight excluding hydrogens is 238 g/mol. The highest BCUT2D eigenvalue weighted by molar-refractivity contribution is 6.14. The normalized spacial score (nSPS) is 9.44. The third-order valence-corrected chi connectivity index (χ3v) is 1.86. The molecule has 0 saturated heterocycles. The first-order chi connectivity index (χ1) is 8.69. The van der Waals surface area contributed by atoms with Gasteiger partial charge in [0.15, 0.2) is 5.57 Å². The Morgan fingerprint density at radius 2 is 1.94 bits per heavy atom. The zero-order valence-corrected chi connectivity index (χ0v) is 10.2. The highest BCUT2D eigenvalue weighted by Crippen LogP contribution is 2.05. The van der Waals surface area contributed by atoms with Crippen LogP contribution in [0.15, 0.2) is 24.0 Å². The van der Waals surface area contributed by atoms with Gasteiger partial charge in [-0.05, 0) is 13.8 Å². The van der Waals surface area contributed by atoms with Crippen molar-refractivity contribution < 1.29 is 19.1 Å². The van der Waals surface area contributed by atoms with Crippen LogP contribution in [0.3, 0.4) is 0 Å². The number of aromatic nitrogens is 2. The van der Waals surface area contributed by atoms with Gasteiger partial charge in [-0.2, -0.15) is 5.10 Å². The van der Waals surface area contributed by atoms with Gasteiger partial charge in [-0.3, -0.25) is 5.10 Å². The molecule has 1 aromatic rings. The number of carbonyl (C=O) groups is 2. The molecule has 0 unspecified atom stereocenters. The van der Waals surface area contributed by atoms with Crippen molar-refractivity contribution in [1.29, 1.82) is 0 Å². The van der Waals surface area contributed by atoms with Gasteiger partial charge < -0.3 is 14.8 Å². The zero-order chi connectivity index (χ0) is 13.4. The van der Waals surface area contributed by atoms with E-state index >= 15 is 0 Å². The molecule has 1 aromatic heterocycles. The predicted molar refractivity (Wildman–Crippen MR) is 63.6 cm³/mol. The lowest BCUT2D eigenvalue weighted by atomic mass is 10.3. The van der Waals surface area contributed by atoms with E-state index in [-0.39, 0.29) is 18.8 Å². The fourth-order valence-electron chi connectivity index (χ4n) is 1.11. The third-order valence-electron chi connectivity index (χ3n) is 1.86. The lowest BCUT2D eigenvalue weighted by molar-refractivity contribution is -0.146. The van der Waals surface area contributed by atoms with Crippen LogP contribution in [0.2, 0.25) is 0 Å². The van der Waals surface area contributed by atoms with Crippen molar-refractivity contribution in [3.05, 3.63) is 24.0 Å². The van der Waals surface area contributed by atoms with E-state index in [2.05, 4.69) is 15.5 Å². The number of hydrogen-bond donors (Lipinski definition) is 2. The molecule has 0 aromatic carbocycles. The van der Waals surface area contributed by atoms with Crippen molar-refractivity contribution in [2.24, 2.45) is 0 Å². The molecule has 98 valence electrons. The Balaban J connectivity index is 2.78. The summed E-state index contributed by atoms with van der Waals surface area (Å²) in [6.45, 7) is 3.67. The average Bonchev–Trinajstić information content (AvgIpc) is 2.83. The van der Waals surface area contributed by atoms with Crippen LogP contribution in [0, 0.1) is 0 Å². The van der Waals surface area contributed by atoms with E-state index in [1.54, 1.807) is 19.9 Å². The number of hydrogen-bond acceptors (Lipinski definition) is 6. The average molecular weight is 253 g/mol. The van der Waals surface area contributed by atoms with E-state index in [9.17, 15) is 9.59 Å². The number of nitrogens with zero attached hydrogens (tertiary/aromatic N) is 1. The summed E-state index contributed by atoms with van der Waals surface area (Å²) in [4.78, 5) is 23.1. The molecule has 1 rings (SSSR count). The smallest absolute Gasteiger partial charge is 0.347 e. The number of H-pyrrole nitrogens is 1. The first-order valence-corrected chi connectivity index (χ1v) is 5.49. The van der Waals surface area contributed by atoms with Crippen molar-refractivity contribution in [3.63, 3.8) is 0 Å². The molecule has 0 radical (unpaired) electrons. The summed E-state index contributed by atoms with van der Waals surface area (Å²) >= 11 is 0. The second-order valence-corrected chi connectivity index (χ2v) is 3.11. The number of aromatic amines is 1. The van der Waals surface area contributed by atoms with Gasteiger partial charge in [0.05, 0.1) is 19.4 Å². The van der Waals surface area contributed by atoms with Crippen LogP contribution < -0.4 is 5.32 Å². The Morgan fingerprint density at radius 1 is 1.33 bits per heavy atom. The Kier molecular flexibility index (Phi) is 5.43. The van der Waals surface area contributed by atoms with Gasteiger partial charge in [0, 0.05) is 12.3 Å². The molecule has 0 bridgehead atoms. The topological polar surface area (TPSA) is 93.3 Å².